The Morgan fingerprint density at radius 2 is 2.00 bits per heavy atom. The van der Waals surface area contributed by atoms with Gasteiger partial charge < -0.3 is 5.73 Å². The van der Waals surface area contributed by atoms with Crippen LogP contribution in [0.15, 0.2) is 24.4 Å². The number of thiazole rings is 1. The smallest absolute Gasteiger partial charge is 0.398 e. The molecule has 0 radical (unpaired) electrons. The number of hydrogen-bond acceptors (Lipinski definition) is 3. The minimum atomic E-state index is -4.37. The van der Waals surface area contributed by atoms with E-state index < -0.39 is 11.7 Å². The van der Waals surface area contributed by atoms with Crippen LogP contribution in [0.2, 0.25) is 0 Å². The summed E-state index contributed by atoms with van der Waals surface area (Å²) in [6, 6.07) is 3.37. The maximum absolute atomic E-state index is 12.7. The predicted molar refractivity (Wildman–Crippen MR) is 75.5 cm³/mol. The van der Waals surface area contributed by atoms with Crippen LogP contribution in [-0.4, -0.2) is 4.98 Å². The third kappa shape index (κ3) is 3.30. The lowest BCUT2D eigenvalue weighted by atomic mass is 10.1. The Balaban J connectivity index is 2.39. The monoisotopic (exact) mass is 300 g/mol. The number of halogens is 3. The lowest BCUT2D eigenvalue weighted by molar-refractivity contribution is -0.137. The minimum absolute atomic E-state index is 0.331. The average molecular weight is 300 g/mol. The molecule has 2 nitrogen and oxygen atoms in total. The lowest BCUT2D eigenvalue weighted by Gasteiger charge is -2.09. The summed E-state index contributed by atoms with van der Waals surface area (Å²) in [5.74, 6) is 0.452. The molecule has 6 heteroatoms. The van der Waals surface area contributed by atoms with Crippen LogP contribution in [0.25, 0.3) is 10.4 Å². The van der Waals surface area contributed by atoms with E-state index in [0.717, 1.165) is 23.6 Å². The Morgan fingerprint density at radius 1 is 1.30 bits per heavy atom. The number of benzene rings is 1. The highest BCUT2D eigenvalue weighted by molar-refractivity contribution is 7.15. The van der Waals surface area contributed by atoms with Gasteiger partial charge in [-0.15, -0.1) is 11.3 Å². The molecule has 0 bridgehead atoms. The van der Waals surface area contributed by atoms with Crippen LogP contribution in [0.4, 0.5) is 18.9 Å². The zero-order valence-electron chi connectivity index (χ0n) is 11.2. The molecule has 0 aliphatic rings. The van der Waals surface area contributed by atoms with Gasteiger partial charge in [-0.05, 0) is 24.1 Å². The van der Waals surface area contributed by atoms with E-state index in [9.17, 15) is 13.2 Å². The maximum Gasteiger partial charge on any atom is 0.416 e. The first-order chi connectivity index (χ1) is 9.27. The molecule has 0 fully saturated rings. The molecule has 20 heavy (non-hydrogen) atoms. The molecular formula is C14H15F3N2S. The first-order valence-electron chi connectivity index (χ1n) is 6.19. The van der Waals surface area contributed by atoms with Crippen LogP contribution in [0.3, 0.4) is 0 Å². The van der Waals surface area contributed by atoms with Crippen LogP contribution >= 0.6 is 11.3 Å². The normalized spacial score (nSPS) is 12.1. The molecule has 0 amide bonds. The molecule has 1 aromatic carbocycles. The van der Waals surface area contributed by atoms with Crippen molar-refractivity contribution in [1.29, 1.82) is 0 Å². The summed E-state index contributed by atoms with van der Waals surface area (Å²) in [6.07, 6.45) is -1.97. The standard InChI is InChI=1S/C14H15F3N2S/c1-8(2)5-13-19-7-12(20-13)10-6-9(14(15,16)17)3-4-11(10)18/h3-4,6-8H,5,18H2,1-2H3. The van der Waals surface area contributed by atoms with Gasteiger partial charge in [0.1, 0.15) is 0 Å². The first-order valence-corrected chi connectivity index (χ1v) is 7.01. The van der Waals surface area contributed by atoms with E-state index in [1.807, 2.05) is 0 Å². The molecule has 0 aliphatic carbocycles. The molecule has 0 atom stereocenters. The fourth-order valence-corrected chi connectivity index (χ4v) is 2.99. The second-order valence-corrected chi connectivity index (χ2v) is 6.13. The van der Waals surface area contributed by atoms with Crippen molar-refractivity contribution in [2.45, 2.75) is 26.4 Å². The number of alkyl halides is 3. The summed E-state index contributed by atoms with van der Waals surface area (Å²) < 4.78 is 38.2. The third-order valence-corrected chi connectivity index (χ3v) is 3.84. The van der Waals surface area contributed by atoms with Crippen molar-refractivity contribution in [3.05, 3.63) is 35.0 Å². The average Bonchev–Trinajstić information content (AvgIpc) is 2.75. The van der Waals surface area contributed by atoms with E-state index in [1.165, 1.54) is 17.4 Å². The van der Waals surface area contributed by atoms with E-state index in [0.29, 0.717) is 22.0 Å². The van der Waals surface area contributed by atoms with Gasteiger partial charge in [0, 0.05) is 23.9 Å². The quantitative estimate of drug-likeness (QED) is 0.841. The van der Waals surface area contributed by atoms with Crippen LogP contribution < -0.4 is 5.73 Å². The minimum Gasteiger partial charge on any atom is -0.398 e. The zero-order chi connectivity index (χ0) is 14.9. The zero-order valence-corrected chi connectivity index (χ0v) is 12.0. The molecule has 1 aromatic heterocycles. The summed E-state index contributed by atoms with van der Waals surface area (Å²) in [5.41, 5.74) is 5.82. The Morgan fingerprint density at radius 3 is 2.60 bits per heavy atom. The highest BCUT2D eigenvalue weighted by Gasteiger charge is 2.31. The van der Waals surface area contributed by atoms with Gasteiger partial charge in [-0.2, -0.15) is 13.2 Å². The highest BCUT2D eigenvalue weighted by Crippen LogP contribution is 2.37. The maximum atomic E-state index is 12.7. The van der Waals surface area contributed by atoms with Crippen molar-refractivity contribution in [3.63, 3.8) is 0 Å². The molecular weight excluding hydrogens is 285 g/mol. The van der Waals surface area contributed by atoms with E-state index >= 15 is 0 Å². The fourth-order valence-electron chi connectivity index (χ4n) is 1.82. The molecule has 0 aliphatic heterocycles. The van der Waals surface area contributed by atoms with Gasteiger partial charge in [0.2, 0.25) is 0 Å². The van der Waals surface area contributed by atoms with Gasteiger partial charge >= 0.3 is 6.18 Å². The van der Waals surface area contributed by atoms with Crippen molar-refractivity contribution >= 4 is 17.0 Å². The van der Waals surface area contributed by atoms with Crippen LogP contribution in [0, 0.1) is 5.92 Å². The fraction of sp³-hybridized carbons (Fsp3) is 0.357. The summed E-state index contributed by atoms with van der Waals surface area (Å²) in [6.45, 7) is 4.14. The van der Waals surface area contributed by atoms with Crippen molar-refractivity contribution in [2.75, 3.05) is 5.73 Å². The SMILES string of the molecule is CC(C)Cc1ncc(-c2cc(C(F)(F)F)ccc2N)s1. The molecule has 0 spiro atoms. The summed E-state index contributed by atoms with van der Waals surface area (Å²) in [7, 11) is 0. The Labute approximate surface area is 119 Å². The lowest BCUT2D eigenvalue weighted by Crippen LogP contribution is -2.05. The third-order valence-electron chi connectivity index (χ3n) is 2.78. The van der Waals surface area contributed by atoms with Crippen molar-refractivity contribution < 1.29 is 13.2 Å². The summed E-state index contributed by atoms with van der Waals surface area (Å²) in [4.78, 5) is 4.92. The van der Waals surface area contributed by atoms with Gasteiger partial charge in [0.25, 0.3) is 0 Å². The molecule has 1 heterocycles. The Hall–Kier alpha value is -1.56. The number of nitrogens with zero attached hydrogens (tertiary/aromatic N) is 1. The highest BCUT2D eigenvalue weighted by atomic mass is 32.1. The van der Waals surface area contributed by atoms with Crippen LogP contribution in [-0.2, 0) is 12.6 Å². The van der Waals surface area contributed by atoms with Crippen molar-refractivity contribution in [1.82, 2.24) is 4.98 Å². The van der Waals surface area contributed by atoms with Gasteiger partial charge in [0.15, 0.2) is 0 Å². The van der Waals surface area contributed by atoms with Gasteiger partial charge in [-0.25, -0.2) is 4.98 Å². The summed E-state index contributed by atoms with van der Waals surface area (Å²) in [5, 5.41) is 0.909. The predicted octanol–water partition coefficient (Wildman–Crippen LogP) is 4.61. The van der Waals surface area contributed by atoms with Crippen molar-refractivity contribution in [3.8, 4) is 10.4 Å². The molecule has 0 unspecified atom stereocenters. The van der Waals surface area contributed by atoms with E-state index in [4.69, 9.17) is 5.73 Å². The number of aromatic nitrogens is 1. The van der Waals surface area contributed by atoms with Gasteiger partial charge in [-0.3, -0.25) is 0 Å². The molecule has 2 rings (SSSR count). The molecule has 0 saturated heterocycles. The number of hydrogen-bond donors (Lipinski definition) is 1. The number of nitrogens with two attached hydrogens (primary N) is 1. The molecule has 2 aromatic rings. The summed E-state index contributed by atoms with van der Waals surface area (Å²) >= 11 is 1.39. The van der Waals surface area contributed by atoms with E-state index in [1.54, 1.807) is 6.20 Å². The number of rotatable bonds is 3. The Bertz CT molecular complexity index is 603. The number of nitrogen functional groups attached to an aromatic ring is 1. The molecule has 0 saturated carbocycles. The van der Waals surface area contributed by atoms with Crippen LogP contribution in [0.1, 0.15) is 24.4 Å². The molecule has 2 N–H and O–H groups in total. The Kier molecular flexibility index (Phi) is 4.04. The van der Waals surface area contributed by atoms with E-state index in [2.05, 4.69) is 18.8 Å². The van der Waals surface area contributed by atoms with Crippen LogP contribution in [0.5, 0.6) is 0 Å². The second-order valence-electron chi connectivity index (χ2n) is 5.02. The van der Waals surface area contributed by atoms with Gasteiger partial charge in [-0.1, -0.05) is 13.8 Å². The molecule has 108 valence electrons. The topological polar surface area (TPSA) is 38.9 Å². The number of anilines is 1. The van der Waals surface area contributed by atoms with E-state index in [-0.39, 0.29) is 0 Å². The van der Waals surface area contributed by atoms with Crippen molar-refractivity contribution in [2.24, 2.45) is 5.92 Å². The largest absolute Gasteiger partial charge is 0.416 e. The van der Waals surface area contributed by atoms with Gasteiger partial charge in [0.05, 0.1) is 15.4 Å². The second kappa shape index (κ2) is 5.44. The first kappa shape index (κ1) is 14.8.